The van der Waals surface area contributed by atoms with Crippen LogP contribution in [0.3, 0.4) is 0 Å². The molecule has 0 aliphatic heterocycles. The minimum atomic E-state index is -3.30. The van der Waals surface area contributed by atoms with Crippen LogP contribution in [0.2, 0.25) is 0 Å². The molecule has 0 amide bonds. The summed E-state index contributed by atoms with van der Waals surface area (Å²) in [6, 6.07) is 18.5. The van der Waals surface area contributed by atoms with Gasteiger partial charge in [-0.1, -0.05) is 54.6 Å². The molecule has 3 rings (SSSR count). The first-order valence-corrected chi connectivity index (χ1v) is 8.28. The van der Waals surface area contributed by atoms with Crippen LogP contribution in [-0.4, -0.2) is 13.7 Å². The molecule has 1 atom stereocenters. The molecule has 2 nitrogen and oxygen atoms in total. The SMILES string of the molecule is O=S(=O)(c1ccccc1)C1CCC=C1c1ccccc1. The molecule has 0 aromatic heterocycles. The number of sulfone groups is 1. The summed E-state index contributed by atoms with van der Waals surface area (Å²) in [5.41, 5.74) is 1.95. The molecule has 0 fully saturated rings. The third-order valence-corrected chi connectivity index (χ3v) is 5.86. The maximum atomic E-state index is 12.8. The molecule has 1 aliphatic rings. The van der Waals surface area contributed by atoms with Crippen molar-refractivity contribution in [1.82, 2.24) is 0 Å². The lowest BCUT2D eigenvalue weighted by Crippen LogP contribution is -2.20. The first-order valence-electron chi connectivity index (χ1n) is 6.74. The van der Waals surface area contributed by atoms with Gasteiger partial charge in [0.05, 0.1) is 10.1 Å². The molecule has 0 saturated heterocycles. The summed E-state index contributed by atoms with van der Waals surface area (Å²) < 4.78 is 25.6. The van der Waals surface area contributed by atoms with E-state index in [2.05, 4.69) is 6.08 Å². The highest BCUT2D eigenvalue weighted by Crippen LogP contribution is 2.36. The van der Waals surface area contributed by atoms with E-state index in [1.807, 2.05) is 36.4 Å². The third-order valence-electron chi connectivity index (χ3n) is 3.69. The van der Waals surface area contributed by atoms with Gasteiger partial charge in [-0.25, -0.2) is 8.42 Å². The van der Waals surface area contributed by atoms with Gasteiger partial charge in [-0.2, -0.15) is 0 Å². The largest absolute Gasteiger partial charge is 0.223 e. The first-order chi connectivity index (χ1) is 9.69. The van der Waals surface area contributed by atoms with Crippen LogP contribution in [0.15, 0.2) is 71.6 Å². The van der Waals surface area contributed by atoms with Crippen molar-refractivity contribution in [2.45, 2.75) is 23.0 Å². The molecule has 0 saturated carbocycles. The standard InChI is InChI=1S/C17H16O2S/c18-20(19,15-10-5-2-6-11-15)17-13-7-12-16(17)14-8-3-1-4-9-14/h1-6,8-12,17H,7,13H2. The summed E-state index contributed by atoms with van der Waals surface area (Å²) in [6.07, 6.45) is 3.54. The van der Waals surface area contributed by atoms with E-state index in [4.69, 9.17) is 0 Å². The van der Waals surface area contributed by atoms with Gasteiger partial charge in [0.2, 0.25) is 0 Å². The van der Waals surface area contributed by atoms with E-state index in [0.717, 1.165) is 17.6 Å². The number of rotatable bonds is 3. The van der Waals surface area contributed by atoms with E-state index in [9.17, 15) is 8.42 Å². The van der Waals surface area contributed by atoms with E-state index in [1.54, 1.807) is 24.3 Å². The Hall–Kier alpha value is -1.87. The van der Waals surface area contributed by atoms with E-state index in [-0.39, 0.29) is 0 Å². The van der Waals surface area contributed by atoms with Crippen molar-refractivity contribution in [1.29, 1.82) is 0 Å². The zero-order chi connectivity index (χ0) is 14.0. The lowest BCUT2D eigenvalue weighted by Gasteiger charge is -2.16. The topological polar surface area (TPSA) is 34.1 Å². The Labute approximate surface area is 119 Å². The van der Waals surface area contributed by atoms with Crippen LogP contribution in [0.4, 0.5) is 0 Å². The molecule has 20 heavy (non-hydrogen) atoms. The second-order valence-corrected chi connectivity index (χ2v) is 7.08. The highest BCUT2D eigenvalue weighted by molar-refractivity contribution is 7.92. The number of hydrogen-bond donors (Lipinski definition) is 0. The molecule has 3 heteroatoms. The predicted octanol–water partition coefficient (Wildman–Crippen LogP) is 3.71. The number of hydrogen-bond acceptors (Lipinski definition) is 2. The molecule has 0 N–H and O–H groups in total. The Morgan fingerprint density at radius 1 is 0.850 bits per heavy atom. The molecule has 102 valence electrons. The fourth-order valence-corrected chi connectivity index (χ4v) is 4.59. The predicted molar refractivity (Wildman–Crippen MR) is 81.1 cm³/mol. The molecule has 0 spiro atoms. The van der Waals surface area contributed by atoms with Crippen molar-refractivity contribution in [3.63, 3.8) is 0 Å². The van der Waals surface area contributed by atoms with Crippen molar-refractivity contribution >= 4 is 15.4 Å². The van der Waals surface area contributed by atoms with E-state index >= 15 is 0 Å². The first kappa shape index (κ1) is 13.1. The normalized spacial score (nSPS) is 18.8. The molecular weight excluding hydrogens is 268 g/mol. The van der Waals surface area contributed by atoms with Gasteiger partial charge in [-0.05, 0) is 36.1 Å². The van der Waals surface area contributed by atoms with Gasteiger partial charge >= 0.3 is 0 Å². The van der Waals surface area contributed by atoms with Gasteiger partial charge < -0.3 is 0 Å². The van der Waals surface area contributed by atoms with Crippen molar-refractivity contribution in [2.24, 2.45) is 0 Å². The van der Waals surface area contributed by atoms with Crippen molar-refractivity contribution in [2.75, 3.05) is 0 Å². The Kier molecular flexibility index (Phi) is 3.45. The lowest BCUT2D eigenvalue weighted by molar-refractivity contribution is 0.588. The van der Waals surface area contributed by atoms with Gasteiger partial charge in [0.25, 0.3) is 0 Å². The van der Waals surface area contributed by atoms with Crippen LogP contribution in [0.5, 0.6) is 0 Å². The Balaban J connectivity index is 2.01. The maximum absolute atomic E-state index is 12.8. The summed E-state index contributed by atoms with van der Waals surface area (Å²) in [6.45, 7) is 0. The van der Waals surface area contributed by atoms with Crippen LogP contribution in [0.25, 0.3) is 5.57 Å². The molecule has 2 aromatic rings. The average molecular weight is 284 g/mol. The Bertz CT molecular complexity index is 716. The third kappa shape index (κ3) is 2.29. The van der Waals surface area contributed by atoms with Crippen LogP contribution in [0.1, 0.15) is 18.4 Å². The molecule has 2 aromatic carbocycles. The summed E-state index contributed by atoms with van der Waals surface area (Å²) in [5, 5.41) is -0.424. The zero-order valence-corrected chi connectivity index (χ0v) is 11.9. The maximum Gasteiger partial charge on any atom is 0.185 e. The second-order valence-electron chi connectivity index (χ2n) is 4.95. The Morgan fingerprint density at radius 3 is 2.10 bits per heavy atom. The van der Waals surface area contributed by atoms with Crippen molar-refractivity contribution in [3.05, 3.63) is 72.3 Å². The van der Waals surface area contributed by atoms with Gasteiger partial charge in [0, 0.05) is 0 Å². The van der Waals surface area contributed by atoms with Gasteiger partial charge in [0.15, 0.2) is 9.84 Å². The zero-order valence-electron chi connectivity index (χ0n) is 11.1. The fraction of sp³-hybridized carbons (Fsp3) is 0.176. The lowest BCUT2D eigenvalue weighted by atomic mass is 10.1. The van der Waals surface area contributed by atoms with Crippen molar-refractivity contribution < 1.29 is 8.42 Å². The molecule has 1 aliphatic carbocycles. The number of benzene rings is 2. The summed E-state index contributed by atoms with van der Waals surface area (Å²) in [4.78, 5) is 0.411. The molecular formula is C17H16O2S. The highest BCUT2D eigenvalue weighted by atomic mass is 32.2. The van der Waals surface area contributed by atoms with Crippen LogP contribution in [0, 0.1) is 0 Å². The second kappa shape index (κ2) is 5.25. The number of allylic oxidation sites excluding steroid dienone is 1. The minimum Gasteiger partial charge on any atom is -0.223 e. The van der Waals surface area contributed by atoms with Crippen LogP contribution in [-0.2, 0) is 9.84 Å². The Morgan fingerprint density at radius 2 is 1.45 bits per heavy atom. The minimum absolute atomic E-state index is 0.411. The average Bonchev–Trinajstić information content (AvgIpc) is 2.99. The van der Waals surface area contributed by atoms with E-state index in [0.29, 0.717) is 11.3 Å². The smallest absolute Gasteiger partial charge is 0.185 e. The van der Waals surface area contributed by atoms with E-state index < -0.39 is 15.1 Å². The summed E-state index contributed by atoms with van der Waals surface area (Å²) in [5.74, 6) is 0. The van der Waals surface area contributed by atoms with E-state index in [1.165, 1.54) is 0 Å². The van der Waals surface area contributed by atoms with Gasteiger partial charge in [-0.3, -0.25) is 0 Å². The summed E-state index contributed by atoms with van der Waals surface area (Å²) in [7, 11) is -3.30. The highest BCUT2D eigenvalue weighted by Gasteiger charge is 2.33. The van der Waals surface area contributed by atoms with Crippen LogP contribution >= 0.6 is 0 Å². The quantitative estimate of drug-likeness (QED) is 0.861. The fourth-order valence-electron chi connectivity index (χ4n) is 2.71. The van der Waals surface area contributed by atoms with Crippen LogP contribution < -0.4 is 0 Å². The van der Waals surface area contributed by atoms with Gasteiger partial charge in [-0.15, -0.1) is 0 Å². The summed E-state index contributed by atoms with van der Waals surface area (Å²) >= 11 is 0. The molecule has 1 unspecified atom stereocenters. The van der Waals surface area contributed by atoms with Crippen molar-refractivity contribution in [3.8, 4) is 0 Å². The molecule has 0 radical (unpaired) electrons. The monoisotopic (exact) mass is 284 g/mol. The molecule has 0 bridgehead atoms. The molecule has 0 heterocycles. The van der Waals surface area contributed by atoms with Gasteiger partial charge in [0.1, 0.15) is 0 Å².